The molecule has 0 aliphatic carbocycles. The number of hydrogen-bond acceptors (Lipinski definition) is 6. The molecule has 0 saturated heterocycles. The first-order chi connectivity index (χ1) is 9.52. The molecule has 0 aromatic carbocycles. The van der Waals surface area contributed by atoms with Gasteiger partial charge in [-0.05, 0) is 20.8 Å². The lowest BCUT2D eigenvalue weighted by Crippen LogP contribution is -2.07. The Hall–Kier alpha value is -2.51. The van der Waals surface area contributed by atoms with Crippen molar-refractivity contribution in [2.45, 2.75) is 27.3 Å². The lowest BCUT2D eigenvalue weighted by atomic mass is 10.3. The van der Waals surface area contributed by atoms with E-state index in [1.54, 1.807) is 30.9 Å². The van der Waals surface area contributed by atoms with Gasteiger partial charge in [0, 0.05) is 6.54 Å². The number of aromatic nitrogens is 4. The maximum atomic E-state index is 10.9. The van der Waals surface area contributed by atoms with Gasteiger partial charge in [-0.25, -0.2) is 4.98 Å². The zero-order valence-corrected chi connectivity index (χ0v) is 11.6. The van der Waals surface area contributed by atoms with Crippen LogP contribution in [0.2, 0.25) is 0 Å². The fraction of sp³-hybridized carbons (Fsp3) is 0.417. The van der Waals surface area contributed by atoms with Crippen molar-refractivity contribution in [2.75, 3.05) is 11.9 Å². The second-order valence-corrected chi connectivity index (χ2v) is 4.36. The molecule has 0 unspecified atom stereocenters. The van der Waals surface area contributed by atoms with E-state index in [9.17, 15) is 10.1 Å². The number of hydrogen-bond donors (Lipinski definition) is 1. The summed E-state index contributed by atoms with van der Waals surface area (Å²) in [6.07, 6.45) is 3.28. The molecule has 2 aromatic rings. The largest absolute Gasteiger partial charge is 0.369 e. The van der Waals surface area contributed by atoms with Crippen molar-refractivity contribution in [1.82, 2.24) is 19.7 Å². The summed E-state index contributed by atoms with van der Waals surface area (Å²) in [7, 11) is 0. The Balaban J connectivity index is 2.22. The average molecular weight is 276 g/mol. The lowest BCUT2D eigenvalue weighted by Gasteiger charge is -2.05. The maximum absolute atomic E-state index is 10.9. The van der Waals surface area contributed by atoms with Crippen molar-refractivity contribution in [3.05, 3.63) is 39.6 Å². The SMILES string of the molecule is CCNc1cnc(Cn2nc(C)c([N+](=O)[O-])c2C)cn1. The van der Waals surface area contributed by atoms with E-state index in [2.05, 4.69) is 20.4 Å². The molecule has 2 heterocycles. The third-order valence-electron chi connectivity index (χ3n) is 2.90. The summed E-state index contributed by atoms with van der Waals surface area (Å²) in [6.45, 7) is 6.42. The molecule has 106 valence electrons. The highest BCUT2D eigenvalue weighted by molar-refractivity contribution is 5.39. The highest BCUT2D eigenvalue weighted by Crippen LogP contribution is 2.22. The average Bonchev–Trinajstić information content (AvgIpc) is 2.67. The van der Waals surface area contributed by atoms with E-state index in [-0.39, 0.29) is 5.69 Å². The molecule has 2 rings (SSSR count). The smallest absolute Gasteiger partial charge is 0.312 e. The third kappa shape index (κ3) is 2.73. The molecule has 0 radical (unpaired) electrons. The Bertz CT molecular complexity index is 620. The molecule has 20 heavy (non-hydrogen) atoms. The molecule has 0 aliphatic heterocycles. The van der Waals surface area contributed by atoms with E-state index < -0.39 is 4.92 Å². The van der Waals surface area contributed by atoms with E-state index in [1.165, 1.54) is 0 Å². The summed E-state index contributed by atoms with van der Waals surface area (Å²) >= 11 is 0. The number of anilines is 1. The first-order valence-corrected chi connectivity index (χ1v) is 6.26. The van der Waals surface area contributed by atoms with Crippen LogP contribution in [0.3, 0.4) is 0 Å². The Kier molecular flexibility index (Phi) is 3.92. The number of rotatable bonds is 5. The van der Waals surface area contributed by atoms with E-state index in [0.29, 0.717) is 29.4 Å². The normalized spacial score (nSPS) is 10.6. The summed E-state index contributed by atoms with van der Waals surface area (Å²) < 4.78 is 1.57. The molecule has 0 amide bonds. The van der Waals surface area contributed by atoms with Crippen molar-refractivity contribution >= 4 is 11.5 Å². The summed E-state index contributed by atoms with van der Waals surface area (Å²) in [5, 5.41) is 18.2. The molecule has 0 atom stereocenters. The first-order valence-electron chi connectivity index (χ1n) is 6.26. The van der Waals surface area contributed by atoms with Gasteiger partial charge in [0.1, 0.15) is 17.2 Å². The van der Waals surface area contributed by atoms with Gasteiger partial charge in [0.15, 0.2) is 0 Å². The number of nitrogens with one attached hydrogen (secondary N) is 1. The topological polar surface area (TPSA) is 98.8 Å². The summed E-state index contributed by atoms with van der Waals surface area (Å²) in [4.78, 5) is 19.0. The van der Waals surface area contributed by atoms with Crippen LogP contribution in [0.15, 0.2) is 12.4 Å². The summed E-state index contributed by atoms with van der Waals surface area (Å²) in [6, 6.07) is 0. The minimum atomic E-state index is -0.409. The van der Waals surface area contributed by atoms with Gasteiger partial charge in [0.05, 0.1) is 29.6 Å². The van der Waals surface area contributed by atoms with E-state index in [0.717, 1.165) is 6.54 Å². The highest BCUT2D eigenvalue weighted by atomic mass is 16.6. The minimum Gasteiger partial charge on any atom is -0.369 e. The molecular weight excluding hydrogens is 260 g/mol. The van der Waals surface area contributed by atoms with Crippen molar-refractivity contribution < 1.29 is 4.92 Å². The van der Waals surface area contributed by atoms with Crippen molar-refractivity contribution in [3.8, 4) is 0 Å². The Morgan fingerprint density at radius 3 is 2.60 bits per heavy atom. The van der Waals surface area contributed by atoms with Gasteiger partial charge >= 0.3 is 5.69 Å². The van der Waals surface area contributed by atoms with E-state index in [4.69, 9.17) is 0 Å². The molecule has 0 fully saturated rings. The predicted octanol–water partition coefficient (Wildman–Crippen LogP) is 1.68. The fourth-order valence-electron chi connectivity index (χ4n) is 1.97. The number of aryl methyl sites for hydroxylation is 1. The molecule has 0 bridgehead atoms. The van der Waals surface area contributed by atoms with Crippen LogP contribution in [0.25, 0.3) is 0 Å². The zero-order chi connectivity index (χ0) is 14.7. The van der Waals surface area contributed by atoms with Crippen LogP contribution in [0.1, 0.15) is 24.0 Å². The highest BCUT2D eigenvalue weighted by Gasteiger charge is 2.21. The molecule has 2 aromatic heterocycles. The second kappa shape index (κ2) is 5.64. The van der Waals surface area contributed by atoms with Crippen molar-refractivity contribution in [3.63, 3.8) is 0 Å². The summed E-state index contributed by atoms with van der Waals surface area (Å²) in [5.41, 5.74) is 1.68. The van der Waals surface area contributed by atoms with Crippen LogP contribution in [-0.2, 0) is 6.54 Å². The van der Waals surface area contributed by atoms with Crippen LogP contribution < -0.4 is 5.32 Å². The van der Waals surface area contributed by atoms with Gasteiger partial charge in [-0.3, -0.25) is 19.8 Å². The molecule has 1 N–H and O–H groups in total. The van der Waals surface area contributed by atoms with Crippen LogP contribution in [0.4, 0.5) is 11.5 Å². The Morgan fingerprint density at radius 1 is 1.35 bits per heavy atom. The number of nitrogens with zero attached hydrogens (tertiary/aromatic N) is 5. The van der Waals surface area contributed by atoms with Gasteiger partial charge < -0.3 is 5.32 Å². The monoisotopic (exact) mass is 276 g/mol. The Morgan fingerprint density at radius 2 is 2.10 bits per heavy atom. The van der Waals surface area contributed by atoms with Crippen LogP contribution >= 0.6 is 0 Å². The second-order valence-electron chi connectivity index (χ2n) is 4.36. The standard InChI is InChI=1S/C12H16N6O2/c1-4-13-11-6-14-10(5-15-11)7-17-9(3)12(18(19)20)8(2)16-17/h5-6H,4,7H2,1-3H3,(H,13,15). The molecule has 0 spiro atoms. The minimum absolute atomic E-state index is 0.0576. The first kappa shape index (κ1) is 13.9. The lowest BCUT2D eigenvalue weighted by molar-refractivity contribution is -0.386. The molecule has 8 heteroatoms. The van der Waals surface area contributed by atoms with E-state index in [1.807, 2.05) is 6.92 Å². The van der Waals surface area contributed by atoms with Crippen molar-refractivity contribution in [2.24, 2.45) is 0 Å². The zero-order valence-electron chi connectivity index (χ0n) is 11.6. The van der Waals surface area contributed by atoms with Gasteiger partial charge in [-0.15, -0.1) is 0 Å². The van der Waals surface area contributed by atoms with Gasteiger partial charge in [-0.2, -0.15) is 5.10 Å². The van der Waals surface area contributed by atoms with Crippen LogP contribution in [-0.4, -0.2) is 31.2 Å². The maximum Gasteiger partial charge on any atom is 0.312 e. The molecular formula is C12H16N6O2. The number of nitro groups is 1. The third-order valence-corrected chi connectivity index (χ3v) is 2.90. The quantitative estimate of drug-likeness (QED) is 0.659. The van der Waals surface area contributed by atoms with E-state index >= 15 is 0 Å². The van der Waals surface area contributed by atoms with Crippen molar-refractivity contribution in [1.29, 1.82) is 0 Å². The molecule has 0 aliphatic rings. The fourth-order valence-corrected chi connectivity index (χ4v) is 1.97. The van der Waals surface area contributed by atoms with Crippen LogP contribution in [0, 0.1) is 24.0 Å². The van der Waals surface area contributed by atoms with Crippen LogP contribution in [0.5, 0.6) is 0 Å². The molecule has 0 saturated carbocycles. The van der Waals surface area contributed by atoms with Gasteiger partial charge in [0.2, 0.25) is 0 Å². The summed E-state index contributed by atoms with van der Waals surface area (Å²) in [5.74, 6) is 0.704. The van der Waals surface area contributed by atoms with Gasteiger partial charge in [-0.1, -0.05) is 0 Å². The Labute approximate surface area is 116 Å². The molecule has 8 nitrogen and oxygen atoms in total. The van der Waals surface area contributed by atoms with Gasteiger partial charge in [0.25, 0.3) is 0 Å². The predicted molar refractivity (Wildman–Crippen MR) is 73.7 cm³/mol.